The van der Waals surface area contributed by atoms with Crippen LogP contribution in [-0.2, 0) is 9.84 Å². The van der Waals surface area contributed by atoms with Gasteiger partial charge in [-0.3, -0.25) is 4.90 Å². The number of nitrogens with zero attached hydrogens (tertiary/aromatic N) is 1. The van der Waals surface area contributed by atoms with E-state index in [2.05, 4.69) is 17.1 Å². The van der Waals surface area contributed by atoms with Crippen LogP contribution in [0.3, 0.4) is 0 Å². The molecule has 1 N–H and O–H groups in total. The van der Waals surface area contributed by atoms with Gasteiger partial charge in [0.05, 0.1) is 11.0 Å². The lowest BCUT2D eigenvalue weighted by atomic mass is 10.1. The van der Waals surface area contributed by atoms with Crippen LogP contribution in [0, 0.1) is 0 Å². The monoisotopic (exact) mass is 246 g/mol. The molecule has 2 saturated heterocycles. The van der Waals surface area contributed by atoms with Gasteiger partial charge < -0.3 is 5.32 Å². The zero-order valence-corrected chi connectivity index (χ0v) is 10.8. The van der Waals surface area contributed by atoms with E-state index in [9.17, 15) is 8.42 Å². The highest BCUT2D eigenvalue weighted by molar-refractivity contribution is 7.92. The predicted molar refractivity (Wildman–Crippen MR) is 65.3 cm³/mol. The minimum Gasteiger partial charge on any atom is -0.311 e. The second-order valence-electron chi connectivity index (χ2n) is 4.95. The fourth-order valence-electron chi connectivity index (χ4n) is 2.68. The summed E-state index contributed by atoms with van der Waals surface area (Å²) in [5.74, 6) is 0.404. The molecule has 0 bridgehead atoms. The van der Waals surface area contributed by atoms with Crippen LogP contribution in [0.2, 0.25) is 0 Å². The normalized spacial score (nSPS) is 35.3. The molecule has 2 unspecified atom stereocenters. The summed E-state index contributed by atoms with van der Waals surface area (Å²) in [4.78, 5) is 2.32. The fraction of sp³-hybridized carbons (Fsp3) is 1.00. The quantitative estimate of drug-likeness (QED) is 0.775. The smallest absolute Gasteiger partial charge is 0.154 e. The van der Waals surface area contributed by atoms with Gasteiger partial charge in [0.2, 0.25) is 0 Å². The molecule has 5 heteroatoms. The fourth-order valence-corrected chi connectivity index (χ4v) is 4.55. The van der Waals surface area contributed by atoms with Crippen LogP contribution in [-0.4, -0.2) is 56.5 Å². The van der Waals surface area contributed by atoms with E-state index < -0.39 is 9.84 Å². The SMILES string of the molecule is CCC1CN(CC2CCCS2(=O)=O)CCN1. The van der Waals surface area contributed by atoms with Gasteiger partial charge in [-0.2, -0.15) is 0 Å². The maximum absolute atomic E-state index is 11.7. The summed E-state index contributed by atoms with van der Waals surface area (Å²) in [5, 5.41) is 3.36. The lowest BCUT2D eigenvalue weighted by molar-refractivity contribution is 0.196. The summed E-state index contributed by atoms with van der Waals surface area (Å²) in [6, 6.07) is 0.540. The van der Waals surface area contributed by atoms with Crippen molar-refractivity contribution < 1.29 is 8.42 Å². The molecule has 2 rings (SSSR count). The highest BCUT2D eigenvalue weighted by Crippen LogP contribution is 2.21. The highest BCUT2D eigenvalue weighted by atomic mass is 32.2. The summed E-state index contributed by atoms with van der Waals surface area (Å²) >= 11 is 0. The molecule has 0 spiro atoms. The molecule has 2 aliphatic heterocycles. The lowest BCUT2D eigenvalue weighted by Gasteiger charge is -2.34. The molecule has 0 aliphatic carbocycles. The van der Waals surface area contributed by atoms with Crippen LogP contribution in [0.15, 0.2) is 0 Å². The molecule has 16 heavy (non-hydrogen) atoms. The van der Waals surface area contributed by atoms with Crippen LogP contribution in [0.25, 0.3) is 0 Å². The molecule has 2 aliphatic rings. The zero-order valence-electron chi connectivity index (χ0n) is 9.98. The van der Waals surface area contributed by atoms with E-state index in [1.165, 1.54) is 0 Å². The van der Waals surface area contributed by atoms with E-state index >= 15 is 0 Å². The number of piperazine rings is 1. The van der Waals surface area contributed by atoms with Gasteiger partial charge in [-0.15, -0.1) is 0 Å². The van der Waals surface area contributed by atoms with Crippen molar-refractivity contribution in [2.45, 2.75) is 37.5 Å². The average molecular weight is 246 g/mol. The number of sulfone groups is 1. The largest absolute Gasteiger partial charge is 0.311 e. The van der Waals surface area contributed by atoms with Gasteiger partial charge in [-0.05, 0) is 19.3 Å². The lowest BCUT2D eigenvalue weighted by Crippen LogP contribution is -2.52. The van der Waals surface area contributed by atoms with E-state index in [4.69, 9.17) is 0 Å². The Morgan fingerprint density at radius 3 is 2.88 bits per heavy atom. The summed E-state index contributed by atoms with van der Waals surface area (Å²) in [5.41, 5.74) is 0. The Labute approximate surface area is 98.3 Å². The molecule has 94 valence electrons. The van der Waals surface area contributed by atoms with Gasteiger partial charge in [0.1, 0.15) is 0 Å². The summed E-state index contributed by atoms with van der Waals surface area (Å²) in [6.07, 6.45) is 2.84. The van der Waals surface area contributed by atoms with Gasteiger partial charge in [-0.1, -0.05) is 6.92 Å². The summed E-state index contributed by atoms with van der Waals surface area (Å²) in [7, 11) is -2.77. The average Bonchev–Trinajstić information content (AvgIpc) is 2.59. The number of rotatable bonds is 3. The molecule has 2 heterocycles. The van der Waals surface area contributed by atoms with Crippen molar-refractivity contribution in [3.05, 3.63) is 0 Å². The summed E-state index contributed by atoms with van der Waals surface area (Å²) < 4.78 is 23.5. The molecular formula is C11H22N2O2S. The molecule has 0 aromatic carbocycles. The van der Waals surface area contributed by atoms with Gasteiger partial charge in [0.15, 0.2) is 9.84 Å². The Morgan fingerprint density at radius 2 is 2.25 bits per heavy atom. The first-order valence-electron chi connectivity index (χ1n) is 6.29. The van der Waals surface area contributed by atoms with Crippen molar-refractivity contribution in [1.82, 2.24) is 10.2 Å². The standard InChI is InChI=1S/C11H22N2O2S/c1-2-10-8-13(6-5-12-10)9-11-4-3-7-16(11,14)15/h10-12H,2-9H2,1H3. The third-order valence-corrected chi connectivity index (χ3v) is 6.02. The third-order valence-electron chi connectivity index (χ3n) is 3.76. The Morgan fingerprint density at radius 1 is 1.44 bits per heavy atom. The van der Waals surface area contributed by atoms with Gasteiger partial charge in [0.25, 0.3) is 0 Å². The first-order chi connectivity index (χ1) is 7.62. The van der Waals surface area contributed by atoms with E-state index in [0.29, 0.717) is 11.8 Å². The predicted octanol–water partition coefficient (Wildman–Crippen LogP) is 0.247. The summed E-state index contributed by atoms with van der Waals surface area (Å²) in [6.45, 7) is 5.91. The van der Waals surface area contributed by atoms with Crippen LogP contribution >= 0.6 is 0 Å². The van der Waals surface area contributed by atoms with Crippen LogP contribution in [0.1, 0.15) is 26.2 Å². The Bertz CT molecular complexity index is 329. The Kier molecular flexibility index (Phi) is 3.87. The minimum absolute atomic E-state index is 0.0943. The van der Waals surface area contributed by atoms with Crippen molar-refractivity contribution in [2.24, 2.45) is 0 Å². The first-order valence-corrected chi connectivity index (χ1v) is 8.00. The molecule has 0 aromatic heterocycles. The van der Waals surface area contributed by atoms with Crippen molar-refractivity contribution in [2.75, 3.05) is 31.9 Å². The molecule has 0 amide bonds. The molecule has 4 nitrogen and oxygen atoms in total. The second kappa shape index (κ2) is 5.02. The molecule has 0 saturated carbocycles. The third kappa shape index (κ3) is 2.76. The van der Waals surface area contributed by atoms with Crippen molar-refractivity contribution in [3.63, 3.8) is 0 Å². The molecular weight excluding hydrogens is 224 g/mol. The van der Waals surface area contributed by atoms with Crippen molar-refractivity contribution in [3.8, 4) is 0 Å². The number of hydrogen-bond donors (Lipinski definition) is 1. The van der Waals surface area contributed by atoms with E-state index in [1.54, 1.807) is 0 Å². The van der Waals surface area contributed by atoms with Gasteiger partial charge >= 0.3 is 0 Å². The number of nitrogens with one attached hydrogen (secondary N) is 1. The van der Waals surface area contributed by atoms with Crippen molar-refractivity contribution in [1.29, 1.82) is 0 Å². The van der Waals surface area contributed by atoms with E-state index in [1.807, 2.05) is 0 Å². The van der Waals surface area contributed by atoms with Crippen LogP contribution < -0.4 is 5.32 Å². The molecule has 2 fully saturated rings. The van der Waals surface area contributed by atoms with Crippen LogP contribution in [0.5, 0.6) is 0 Å². The van der Waals surface area contributed by atoms with Gasteiger partial charge in [-0.25, -0.2) is 8.42 Å². The molecule has 0 aromatic rings. The maximum Gasteiger partial charge on any atom is 0.154 e. The minimum atomic E-state index is -2.77. The number of hydrogen-bond acceptors (Lipinski definition) is 4. The topological polar surface area (TPSA) is 49.4 Å². The van der Waals surface area contributed by atoms with Crippen LogP contribution in [0.4, 0.5) is 0 Å². The molecule has 0 radical (unpaired) electrons. The van der Waals surface area contributed by atoms with Crippen molar-refractivity contribution >= 4 is 9.84 Å². The van der Waals surface area contributed by atoms with E-state index in [0.717, 1.165) is 45.4 Å². The zero-order chi connectivity index (χ0) is 11.6. The Balaban J connectivity index is 1.89. The maximum atomic E-state index is 11.7. The molecule has 2 atom stereocenters. The Hall–Kier alpha value is -0.130. The van der Waals surface area contributed by atoms with Gasteiger partial charge in [0, 0.05) is 32.2 Å². The highest BCUT2D eigenvalue weighted by Gasteiger charge is 2.33. The second-order valence-corrected chi connectivity index (χ2v) is 7.35. The van der Waals surface area contributed by atoms with E-state index in [-0.39, 0.29) is 5.25 Å². The first kappa shape index (κ1) is 12.3.